The van der Waals surface area contributed by atoms with Crippen LogP contribution in [0.4, 0.5) is 0 Å². The van der Waals surface area contributed by atoms with Crippen LogP contribution in [0.3, 0.4) is 0 Å². The van der Waals surface area contributed by atoms with Crippen LogP contribution in [0.1, 0.15) is 30.9 Å². The van der Waals surface area contributed by atoms with Crippen molar-refractivity contribution in [1.82, 2.24) is 25.0 Å². The van der Waals surface area contributed by atoms with Crippen molar-refractivity contribution in [2.24, 2.45) is 22.7 Å². The van der Waals surface area contributed by atoms with Crippen LogP contribution in [-0.2, 0) is 17.7 Å². The average molecular weight is 472 g/mol. The molecule has 5 unspecified atom stereocenters. The summed E-state index contributed by atoms with van der Waals surface area (Å²) in [6.45, 7) is 6.24. The van der Waals surface area contributed by atoms with Gasteiger partial charge in [0, 0.05) is 51.5 Å². The number of fused-ring (bicyclic) bond motifs is 6. The second kappa shape index (κ2) is 7.26. The molecule has 3 saturated heterocycles. The summed E-state index contributed by atoms with van der Waals surface area (Å²) in [5.41, 5.74) is 0. The summed E-state index contributed by atoms with van der Waals surface area (Å²) in [4.78, 5) is 7.02. The zero-order valence-electron chi connectivity index (χ0n) is 15.6. The number of ether oxygens (including phenoxy) is 1. The zero-order chi connectivity index (χ0) is 17.0. The molecule has 0 radical (unpaired) electrons. The molecule has 1 aromatic heterocycles. The van der Waals surface area contributed by atoms with Gasteiger partial charge in [0.15, 0.2) is 5.96 Å². The Hall–Kier alpha value is -0.900. The molecule has 2 bridgehead atoms. The lowest BCUT2D eigenvalue weighted by Crippen LogP contribution is -2.44. The number of aromatic nitrogens is 3. The number of likely N-dealkylation sites (tertiary alicyclic amines) is 1. The molecule has 7 nitrogen and oxygen atoms in total. The van der Waals surface area contributed by atoms with Crippen molar-refractivity contribution in [3.63, 3.8) is 0 Å². The van der Waals surface area contributed by atoms with Gasteiger partial charge in [0.05, 0.1) is 12.2 Å². The largest absolute Gasteiger partial charge is 0.374 e. The number of rotatable bonds is 2. The van der Waals surface area contributed by atoms with Gasteiger partial charge in [-0.3, -0.25) is 4.99 Å². The molecule has 3 fully saturated rings. The summed E-state index contributed by atoms with van der Waals surface area (Å²) >= 11 is 0. The fourth-order valence-electron chi connectivity index (χ4n) is 5.40. The highest BCUT2D eigenvalue weighted by Crippen LogP contribution is 2.47. The van der Waals surface area contributed by atoms with Crippen LogP contribution in [0, 0.1) is 24.7 Å². The molecule has 0 aliphatic carbocycles. The predicted octanol–water partition coefficient (Wildman–Crippen LogP) is 1.45. The van der Waals surface area contributed by atoms with E-state index in [1.165, 1.54) is 19.3 Å². The number of nitrogens with zero attached hydrogens (tertiary/aromatic N) is 5. The first kappa shape index (κ1) is 18.5. The first-order valence-corrected chi connectivity index (χ1v) is 9.72. The van der Waals surface area contributed by atoms with Crippen LogP contribution in [0.15, 0.2) is 4.99 Å². The van der Waals surface area contributed by atoms with E-state index in [1.54, 1.807) is 0 Å². The number of hydrogen-bond acceptors (Lipinski definition) is 4. The van der Waals surface area contributed by atoms with Gasteiger partial charge in [-0.1, -0.05) is 0 Å². The number of guanidine groups is 1. The lowest BCUT2D eigenvalue weighted by molar-refractivity contribution is 0.0767. The number of aryl methyl sites for hydroxylation is 2. The Balaban J connectivity index is 0.00000168. The Labute approximate surface area is 172 Å². The molecule has 8 heteroatoms. The van der Waals surface area contributed by atoms with Gasteiger partial charge in [-0.15, -0.1) is 34.2 Å². The van der Waals surface area contributed by atoms with Crippen LogP contribution >= 0.6 is 24.0 Å². The van der Waals surface area contributed by atoms with Crippen LogP contribution in [-0.4, -0.2) is 64.5 Å². The minimum Gasteiger partial charge on any atom is -0.374 e. The van der Waals surface area contributed by atoms with Gasteiger partial charge in [-0.05, 0) is 32.1 Å². The molecule has 1 aromatic rings. The molecular formula is C18H29IN6O. The fraction of sp³-hybridized carbons (Fsp3) is 0.833. The molecular weight excluding hydrogens is 443 g/mol. The van der Waals surface area contributed by atoms with E-state index < -0.39 is 0 Å². The summed E-state index contributed by atoms with van der Waals surface area (Å²) in [5.74, 6) is 5.29. The third-order valence-corrected chi connectivity index (χ3v) is 6.74. The lowest BCUT2D eigenvalue weighted by Gasteiger charge is -2.28. The SMILES string of the molecule is CN=C(NCC1CCc2nnc(C)n2C1)N1CC2C3CCC(O3)C2C1.I. The van der Waals surface area contributed by atoms with Gasteiger partial charge in [-0.2, -0.15) is 0 Å². The predicted molar refractivity (Wildman–Crippen MR) is 110 cm³/mol. The van der Waals surface area contributed by atoms with Crippen molar-refractivity contribution in [3.8, 4) is 0 Å². The molecule has 5 rings (SSSR count). The van der Waals surface area contributed by atoms with Gasteiger partial charge >= 0.3 is 0 Å². The van der Waals surface area contributed by atoms with E-state index in [0.717, 1.165) is 50.2 Å². The number of halogens is 1. The summed E-state index contributed by atoms with van der Waals surface area (Å²) < 4.78 is 8.36. The Morgan fingerprint density at radius 2 is 1.88 bits per heavy atom. The summed E-state index contributed by atoms with van der Waals surface area (Å²) in [6.07, 6.45) is 5.73. The third kappa shape index (κ3) is 3.02. The normalized spacial score (nSPS) is 35.2. The minimum absolute atomic E-state index is 0. The Bertz CT molecular complexity index is 673. The summed E-state index contributed by atoms with van der Waals surface area (Å²) in [7, 11) is 1.91. The molecule has 26 heavy (non-hydrogen) atoms. The van der Waals surface area contributed by atoms with Crippen molar-refractivity contribution in [2.45, 2.75) is 51.4 Å². The van der Waals surface area contributed by atoms with E-state index in [4.69, 9.17) is 4.74 Å². The van der Waals surface area contributed by atoms with Gasteiger partial charge < -0.3 is 19.5 Å². The van der Waals surface area contributed by atoms with E-state index in [-0.39, 0.29) is 24.0 Å². The fourth-order valence-corrected chi connectivity index (χ4v) is 5.40. The Morgan fingerprint density at radius 1 is 1.15 bits per heavy atom. The molecule has 144 valence electrons. The van der Waals surface area contributed by atoms with Crippen molar-refractivity contribution in [3.05, 3.63) is 11.6 Å². The molecule has 5 atom stereocenters. The van der Waals surface area contributed by atoms with Crippen LogP contribution in [0.25, 0.3) is 0 Å². The molecule has 4 aliphatic rings. The van der Waals surface area contributed by atoms with Gasteiger partial charge in [-0.25, -0.2) is 0 Å². The smallest absolute Gasteiger partial charge is 0.193 e. The summed E-state index contributed by atoms with van der Waals surface area (Å²) in [6, 6.07) is 0. The van der Waals surface area contributed by atoms with E-state index in [2.05, 4.69) is 30.0 Å². The first-order chi connectivity index (χ1) is 12.2. The second-order valence-electron chi connectivity index (χ2n) is 8.13. The Kier molecular flexibility index (Phi) is 5.15. The highest BCUT2D eigenvalue weighted by atomic mass is 127. The molecule has 0 spiro atoms. The maximum absolute atomic E-state index is 6.09. The van der Waals surface area contributed by atoms with Crippen LogP contribution in [0.5, 0.6) is 0 Å². The first-order valence-electron chi connectivity index (χ1n) is 9.72. The van der Waals surface area contributed by atoms with E-state index in [0.29, 0.717) is 30.0 Å². The molecule has 0 amide bonds. The lowest BCUT2D eigenvalue weighted by atomic mass is 9.82. The van der Waals surface area contributed by atoms with Gasteiger partial charge in [0.25, 0.3) is 0 Å². The standard InChI is InChI=1S/C18H28N6O.HI/c1-11-21-22-17-6-3-12(8-24(11)17)7-20-18(19-2)23-9-13-14(10-23)16-5-4-15(13)25-16;/h12-16H,3-10H2,1-2H3,(H,19,20);1H. The number of aliphatic imine (C=N–C) groups is 1. The molecule has 4 aliphatic heterocycles. The monoisotopic (exact) mass is 472 g/mol. The highest BCUT2D eigenvalue weighted by Gasteiger charge is 2.53. The maximum atomic E-state index is 6.09. The van der Waals surface area contributed by atoms with E-state index >= 15 is 0 Å². The quantitative estimate of drug-likeness (QED) is 0.401. The zero-order valence-corrected chi connectivity index (χ0v) is 17.9. The molecule has 5 heterocycles. The average Bonchev–Trinajstić information content (AvgIpc) is 3.37. The topological polar surface area (TPSA) is 67.6 Å². The highest BCUT2D eigenvalue weighted by molar-refractivity contribution is 14.0. The molecule has 0 saturated carbocycles. The summed E-state index contributed by atoms with van der Waals surface area (Å²) in [5, 5.41) is 12.1. The van der Waals surface area contributed by atoms with E-state index in [9.17, 15) is 0 Å². The molecule has 0 aromatic carbocycles. The number of nitrogens with one attached hydrogen (secondary N) is 1. The van der Waals surface area contributed by atoms with Crippen LogP contribution in [0.2, 0.25) is 0 Å². The van der Waals surface area contributed by atoms with Gasteiger partial charge in [0.1, 0.15) is 11.6 Å². The second-order valence-corrected chi connectivity index (χ2v) is 8.13. The van der Waals surface area contributed by atoms with Crippen molar-refractivity contribution >= 4 is 29.9 Å². The van der Waals surface area contributed by atoms with Crippen LogP contribution < -0.4 is 5.32 Å². The van der Waals surface area contributed by atoms with E-state index in [1.807, 2.05) is 14.0 Å². The van der Waals surface area contributed by atoms with Gasteiger partial charge in [0.2, 0.25) is 0 Å². The van der Waals surface area contributed by atoms with Crippen molar-refractivity contribution in [1.29, 1.82) is 0 Å². The third-order valence-electron chi connectivity index (χ3n) is 6.74. The van der Waals surface area contributed by atoms with Crippen molar-refractivity contribution < 1.29 is 4.74 Å². The Morgan fingerprint density at radius 3 is 2.58 bits per heavy atom. The molecule has 1 N–H and O–H groups in total. The minimum atomic E-state index is 0. The number of hydrogen-bond donors (Lipinski definition) is 1. The maximum Gasteiger partial charge on any atom is 0.193 e. The van der Waals surface area contributed by atoms with Crippen molar-refractivity contribution in [2.75, 3.05) is 26.7 Å².